The van der Waals surface area contributed by atoms with Gasteiger partial charge in [0.05, 0.1) is 35.4 Å². The van der Waals surface area contributed by atoms with E-state index < -0.39 is 12.1 Å². The summed E-state index contributed by atoms with van der Waals surface area (Å²) < 4.78 is 10.1. The number of aryl methyl sites for hydroxylation is 1. The molecule has 0 bridgehead atoms. The number of aliphatic hydroxyl groups excluding tert-OH is 1. The molecule has 2 heterocycles. The van der Waals surface area contributed by atoms with Crippen molar-refractivity contribution in [2.24, 2.45) is 0 Å². The minimum absolute atomic E-state index is 0.132. The lowest BCUT2D eigenvalue weighted by Gasteiger charge is -2.23. The lowest BCUT2D eigenvalue weighted by Crippen LogP contribution is -2.47. The summed E-state index contributed by atoms with van der Waals surface area (Å²) in [5, 5.41) is 12.8. The summed E-state index contributed by atoms with van der Waals surface area (Å²) in [6, 6.07) is 7.25. The van der Waals surface area contributed by atoms with Gasteiger partial charge in [-0.05, 0) is 18.1 Å². The molecule has 1 aliphatic rings. The first-order chi connectivity index (χ1) is 14.5. The molecule has 2 N–H and O–H groups in total. The normalized spacial score (nSPS) is 18.6. The Hall–Kier alpha value is -2.33. The maximum atomic E-state index is 12.7. The molecule has 0 unspecified atom stereocenters. The lowest BCUT2D eigenvalue weighted by molar-refractivity contribution is -0.142. The van der Waals surface area contributed by atoms with Gasteiger partial charge in [0, 0.05) is 26.6 Å². The highest BCUT2D eigenvalue weighted by atomic mass is 32.1. The molecular formula is C21H27N3O5S. The standard InChI is InChI=1S/C21H27N3O5S/c1-14-20(30-13-23-14)16-5-3-15(4-6-16)10-22-21(27)18-9-17(25)11-24(18)19(26)12-29-8-7-28-2/h3-6,13,17-18,25H,7-12H2,1-2H3,(H,22,27)/t17-,18+/m1/s1. The molecule has 1 fully saturated rings. The van der Waals surface area contributed by atoms with E-state index in [-0.39, 0.29) is 31.4 Å². The van der Waals surface area contributed by atoms with Gasteiger partial charge in [0.1, 0.15) is 12.6 Å². The molecule has 1 saturated heterocycles. The van der Waals surface area contributed by atoms with Gasteiger partial charge in [-0.1, -0.05) is 24.3 Å². The fraction of sp³-hybridized carbons (Fsp3) is 0.476. The molecule has 1 aromatic heterocycles. The number of thiazole rings is 1. The molecule has 9 heteroatoms. The minimum Gasteiger partial charge on any atom is -0.391 e. The highest BCUT2D eigenvalue weighted by Gasteiger charge is 2.38. The summed E-state index contributed by atoms with van der Waals surface area (Å²) in [6.45, 7) is 3.00. The average Bonchev–Trinajstić information content (AvgIpc) is 3.35. The number of hydrogen-bond donors (Lipinski definition) is 2. The fourth-order valence-electron chi connectivity index (χ4n) is 3.38. The Labute approximate surface area is 179 Å². The molecule has 3 rings (SSSR count). The van der Waals surface area contributed by atoms with Crippen molar-refractivity contribution < 1.29 is 24.2 Å². The first kappa shape index (κ1) is 22.4. The van der Waals surface area contributed by atoms with E-state index in [1.165, 1.54) is 4.90 Å². The van der Waals surface area contributed by atoms with Gasteiger partial charge in [-0.2, -0.15) is 0 Å². The van der Waals surface area contributed by atoms with Crippen LogP contribution in [0.2, 0.25) is 0 Å². The van der Waals surface area contributed by atoms with Crippen LogP contribution in [-0.4, -0.2) is 72.4 Å². The fourth-order valence-corrected chi connectivity index (χ4v) is 4.19. The van der Waals surface area contributed by atoms with Crippen LogP contribution in [0, 0.1) is 6.92 Å². The maximum absolute atomic E-state index is 12.7. The van der Waals surface area contributed by atoms with Gasteiger partial charge in [0.25, 0.3) is 0 Å². The quantitative estimate of drug-likeness (QED) is 0.579. The number of benzene rings is 1. The summed E-state index contributed by atoms with van der Waals surface area (Å²) in [5.41, 5.74) is 4.87. The van der Waals surface area contributed by atoms with Crippen LogP contribution in [0.1, 0.15) is 17.7 Å². The largest absolute Gasteiger partial charge is 0.391 e. The summed E-state index contributed by atoms with van der Waals surface area (Å²) >= 11 is 1.60. The average molecular weight is 434 g/mol. The van der Waals surface area contributed by atoms with Crippen LogP contribution in [0.3, 0.4) is 0 Å². The third kappa shape index (κ3) is 5.63. The maximum Gasteiger partial charge on any atom is 0.249 e. The van der Waals surface area contributed by atoms with E-state index in [2.05, 4.69) is 10.3 Å². The molecular weight excluding hydrogens is 406 g/mol. The smallest absolute Gasteiger partial charge is 0.249 e. The van der Waals surface area contributed by atoms with E-state index in [9.17, 15) is 14.7 Å². The third-order valence-corrected chi connectivity index (χ3v) is 5.97. The number of methoxy groups -OCH3 is 1. The first-order valence-electron chi connectivity index (χ1n) is 9.81. The molecule has 2 amide bonds. The molecule has 2 aromatic rings. The molecule has 0 radical (unpaired) electrons. The van der Waals surface area contributed by atoms with Gasteiger partial charge >= 0.3 is 0 Å². The zero-order valence-corrected chi connectivity index (χ0v) is 18.0. The first-order valence-corrected chi connectivity index (χ1v) is 10.7. The predicted molar refractivity (Wildman–Crippen MR) is 113 cm³/mol. The van der Waals surface area contributed by atoms with Crippen molar-refractivity contribution in [3.63, 3.8) is 0 Å². The van der Waals surface area contributed by atoms with Crippen LogP contribution in [-0.2, 0) is 25.6 Å². The number of nitrogens with one attached hydrogen (secondary N) is 1. The van der Waals surface area contributed by atoms with Gasteiger partial charge in [-0.3, -0.25) is 9.59 Å². The summed E-state index contributed by atoms with van der Waals surface area (Å²) in [5.74, 6) is -0.591. The lowest BCUT2D eigenvalue weighted by atomic mass is 10.1. The number of rotatable bonds is 9. The number of carbonyl (C=O) groups excluding carboxylic acids is 2. The van der Waals surface area contributed by atoms with Crippen molar-refractivity contribution in [3.05, 3.63) is 41.0 Å². The van der Waals surface area contributed by atoms with E-state index in [0.29, 0.717) is 19.8 Å². The zero-order chi connectivity index (χ0) is 21.5. The Bertz CT molecular complexity index is 855. The van der Waals surface area contributed by atoms with E-state index in [4.69, 9.17) is 9.47 Å². The molecule has 0 aliphatic carbocycles. The van der Waals surface area contributed by atoms with E-state index in [1.54, 1.807) is 18.4 Å². The van der Waals surface area contributed by atoms with Gasteiger partial charge in [0.2, 0.25) is 11.8 Å². The van der Waals surface area contributed by atoms with Crippen LogP contribution >= 0.6 is 11.3 Å². The number of ether oxygens (including phenoxy) is 2. The summed E-state index contributed by atoms with van der Waals surface area (Å²) in [7, 11) is 1.55. The predicted octanol–water partition coefficient (Wildman–Crippen LogP) is 1.36. The molecule has 162 valence electrons. The van der Waals surface area contributed by atoms with Crippen LogP contribution < -0.4 is 5.32 Å². The van der Waals surface area contributed by atoms with Gasteiger partial charge in [-0.15, -0.1) is 11.3 Å². The third-order valence-electron chi connectivity index (χ3n) is 4.99. The van der Waals surface area contributed by atoms with E-state index in [1.807, 2.05) is 36.7 Å². The Morgan fingerprint density at radius 3 is 2.73 bits per heavy atom. The van der Waals surface area contributed by atoms with E-state index >= 15 is 0 Å². The number of aliphatic hydroxyl groups is 1. The molecule has 30 heavy (non-hydrogen) atoms. The number of amides is 2. The number of likely N-dealkylation sites (tertiary alicyclic amines) is 1. The molecule has 0 saturated carbocycles. The van der Waals surface area contributed by atoms with Crippen molar-refractivity contribution in [2.45, 2.75) is 32.0 Å². The van der Waals surface area contributed by atoms with Gasteiger partial charge < -0.3 is 24.8 Å². The molecule has 8 nitrogen and oxygen atoms in total. The Kier molecular flexibility index (Phi) is 7.92. The highest BCUT2D eigenvalue weighted by Crippen LogP contribution is 2.27. The zero-order valence-electron chi connectivity index (χ0n) is 17.2. The Balaban J connectivity index is 1.54. The summed E-state index contributed by atoms with van der Waals surface area (Å²) in [4.78, 5) is 31.8. The van der Waals surface area contributed by atoms with Crippen molar-refractivity contribution in [3.8, 4) is 10.4 Å². The van der Waals surface area contributed by atoms with Crippen LogP contribution in [0.25, 0.3) is 10.4 Å². The Morgan fingerprint density at radius 2 is 2.07 bits per heavy atom. The Morgan fingerprint density at radius 1 is 1.30 bits per heavy atom. The van der Waals surface area contributed by atoms with Crippen molar-refractivity contribution in [1.29, 1.82) is 0 Å². The monoisotopic (exact) mass is 433 g/mol. The molecule has 2 atom stereocenters. The van der Waals surface area contributed by atoms with Crippen molar-refractivity contribution in [1.82, 2.24) is 15.2 Å². The molecule has 1 aromatic carbocycles. The second kappa shape index (κ2) is 10.6. The van der Waals surface area contributed by atoms with Gasteiger partial charge in [0.15, 0.2) is 0 Å². The van der Waals surface area contributed by atoms with Crippen molar-refractivity contribution >= 4 is 23.2 Å². The SMILES string of the molecule is COCCOCC(=O)N1C[C@H](O)C[C@H]1C(=O)NCc1ccc(-c2scnc2C)cc1. The van der Waals surface area contributed by atoms with Crippen LogP contribution in [0.4, 0.5) is 0 Å². The summed E-state index contributed by atoms with van der Waals surface area (Å²) in [6.07, 6.45) is -0.496. The number of carbonyl (C=O) groups is 2. The number of β-amino-alcohol motifs (C(OH)–C–C–N with tert-alkyl or cyclic N) is 1. The molecule has 1 aliphatic heterocycles. The number of aromatic nitrogens is 1. The highest BCUT2D eigenvalue weighted by molar-refractivity contribution is 7.13. The van der Waals surface area contributed by atoms with E-state index in [0.717, 1.165) is 21.7 Å². The van der Waals surface area contributed by atoms with Gasteiger partial charge in [-0.25, -0.2) is 4.98 Å². The van der Waals surface area contributed by atoms with Crippen LogP contribution in [0.5, 0.6) is 0 Å². The minimum atomic E-state index is -0.717. The number of hydrogen-bond acceptors (Lipinski definition) is 7. The topological polar surface area (TPSA) is 101 Å². The molecule has 0 spiro atoms. The number of nitrogens with zero attached hydrogens (tertiary/aromatic N) is 2. The second-order valence-corrected chi connectivity index (χ2v) is 8.03. The van der Waals surface area contributed by atoms with Crippen molar-refractivity contribution in [2.75, 3.05) is 33.5 Å². The second-order valence-electron chi connectivity index (χ2n) is 7.18. The van der Waals surface area contributed by atoms with Crippen LogP contribution in [0.15, 0.2) is 29.8 Å².